The van der Waals surface area contributed by atoms with Crippen molar-refractivity contribution in [2.24, 2.45) is 5.92 Å². The van der Waals surface area contributed by atoms with Gasteiger partial charge in [0.1, 0.15) is 10.6 Å². The molecule has 0 radical (unpaired) electrons. The number of methoxy groups -OCH3 is 1. The van der Waals surface area contributed by atoms with Crippen molar-refractivity contribution in [2.45, 2.75) is 31.8 Å². The SMILES string of the molecule is COCCn1ccnc1-c1nc(N[C@@H]2CC[C@H](CO)C2)c2ccsc2n1. The number of aliphatic hydroxyl groups excluding tert-OH is 1. The number of aliphatic hydroxyl groups is 1. The Balaban J connectivity index is 1.66. The number of nitrogens with one attached hydrogen (secondary N) is 1. The van der Waals surface area contributed by atoms with Crippen molar-refractivity contribution in [1.82, 2.24) is 19.5 Å². The molecule has 7 nitrogen and oxygen atoms in total. The zero-order chi connectivity index (χ0) is 17.9. The second-order valence-corrected chi connectivity index (χ2v) is 7.57. The summed E-state index contributed by atoms with van der Waals surface area (Å²) < 4.78 is 7.19. The quantitative estimate of drug-likeness (QED) is 0.662. The predicted molar refractivity (Wildman–Crippen MR) is 102 cm³/mol. The second-order valence-electron chi connectivity index (χ2n) is 6.68. The molecule has 0 aromatic carbocycles. The first-order chi connectivity index (χ1) is 12.8. The molecule has 0 spiro atoms. The largest absolute Gasteiger partial charge is 0.396 e. The Morgan fingerprint density at radius 1 is 1.38 bits per heavy atom. The lowest BCUT2D eigenvalue weighted by molar-refractivity contribution is 0.187. The molecule has 4 rings (SSSR count). The van der Waals surface area contributed by atoms with Crippen LogP contribution < -0.4 is 5.32 Å². The smallest absolute Gasteiger partial charge is 0.199 e. The summed E-state index contributed by atoms with van der Waals surface area (Å²) in [6.45, 7) is 1.58. The molecule has 138 valence electrons. The number of hydrogen-bond donors (Lipinski definition) is 2. The number of hydrogen-bond acceptors (Lipinski definition) is 7. The summed E-state index contributed by atoms with van der Waals surface area (Å²) in [7, 11) is 1.69. The van der Waals surface area contributed by atoms with Gasteiger partial charge in [0.25, 0.3) is 0 Å². The van der Waals surface area contributed by atoms with Crippen LogP contribution in [0.15, 0.2) is 23.8 Å². The van der Waals surface area contributed by atoms with Crippen molar-refractivity contribution in [3.05, 3.63) is 23.8 Å². The minimum atomic E-state index is 0.262. The maximum Gasteiger partial charge on any atom is 0.199 e. The van der Waals surface area contributed by atoms with E-state index < -0.39 is 0 Å². The van der Waals surface area contributed by atoms with E-state index in [-0.39, 0.29) is 6.61 Å². The minimum Gasteiger partial charge on any atom is -0.396 e. The summed E-state index contributed by atoms with van der Waals surface area (Å²) >= 11 is 1.61. The molecule has 3 aromatic heterocycles. The van der Waals surface area contributed by atoms with Gasteiger partial charge in [-0.3, -0.25) is 0 Å². The highest BCUT2D eigenvalue weighted by molar-refractivity contribution is 7.16. The molecule has 26 heavy (non-hydrogen) atoms. The van der Waals surface area contributed by atoms with E-state index in [1.54, 1.807) is 24.6 Å². The maximum atomic E-state index is 9.39. The fraction of sp³-hybridized carbons (Fsp3) is 0.500. The van der Waals surface area contributed by atoms with E-state index in [0.717, 1.165) is 41.1 Å². The molecule has 0 unspecified atom stereocenters. The van der Waals surface area contributed by atoms with Crippen LogP contribution in [0.1, 0.15) is 19.3 Å². The van der Waals surface area contributed by atoms with Crippen LogP contribution in [0.5, 0.6) is 0 Å². The van der Waals surface area contributed by atoms with Gasteiger partial charge in [-0.05, 0) is 36.6 Å². The lowest BCUT2D eigenvalue weighted by atomic mass is 10.1. The van der Waals surface area contributed by atoms with Gasteiger partial charge in [-0.25, -0.2) is 15.0 Å². The van der Waals surface area contributed by atoms with Crippen LogP contribution in [0.2, 0.25) is 0 Å². The van der Waals surface area contributed by atoms with Crippen LogP contribution >= 0.6 is 11.3 Å². The van der Waals surface area contributed by atoms with Crippen molar-refractivity contribution in [3.63, 3.8) is 0 Å². The van der Waals surface area contributed by atoms with E-state index >= 15 is 0 Å². The summed E-state index contributed by atoms with van der Waals surface area (Å²) in [6.07, 6.45) is 6.78. The number of fused-ring (bicyclic) bond motifs is 1. The van der Waals surface area contributed by atoms with Gasteiger partial charge < -0.3 is 19.7 Å². The molecular weight excluding hydrogens is 350 g/mol. The van der Waals surface area contributed by atoms with Gasteiger partial charge in [-0.1, -0.05) is 0 Å². The van der Waals surface area contributed by atoms with Crippen LogP contribution in [-0.4, -0.2) is 51.0 Å². The number of rotatable bonds is 7. The van der Waals surface area contributed by atoms with Gasteiger partial charge in [0, 0.05) is 38.7 Å². The Morgan fingerprint density at radius 3 is 3.12 bits per heavy atom. The van der Waals surface area contributed by atoms with Gasteiger partial charge in [0.15, 0.2) is 11.6 Å². The predicted octanol–water partition coefficient (Wildman–Crippen LogP) is 2.77. The fourth-order valence-corrected chi connectivity index (χ4v) is 4.28. The molecule has 0 amide bonds. The Morgan fingerprint density at radius 2 is 2.31 bits per heavy atom. The highest BCUT2D eigenvalue weighted by Crippen LogP contribution is 2.32. The third kappa shape index (κ3) is 3.44. The number of anilines is 1. The molecule has 0 saturated heterocycles. The van der Waals surface area contributed by atoms with E-state index in [1.807, 2.05) is 16.1 Å². The zero-order valence-electron chi connectivity index (χ0n) is 14.8. The van der Waals surface area contributed by atoms with Crippen molar-refractivity contribution < 1.29 is 9.84 Å². The summed E-state index contributed by atoms with van der Waals surface area (Å²) in [5.74, 6) is 2.62. The molecule has 2 N–H and O–H groups in total. The Hall–Kier alpha value is -2.03. The number of ether oxygens (including phenoxy) is 1. The Bertz CT molecular complexity index is 877. The minimum absolute atomic E-state index is 0.262. The van der Waals surface area contributed by atoms with E-state index in [2.05, 4.69) is 16.4 Å². The maximum absolute atomic E-state index is 9.39. The molecule has 0 aliphatic heterocycles. The molecule has 3 aromatic rings. The molecule has 0 bridgehead atoms. The molecule has 1 saturated carbocycles. The number of imidazole rings is 1. The monoisotopic (exact) mass is 373 g/mol. The third-order valence-corrected chi connectivity index (χ3v) is 5.72. The highest BCUT2D eigenvalue weighted by Gasteiger charge is 2.25. The van der Waals surface area contributed by atoms with Gasteiger partial charge in [0.2, 0.25) is 0 Å². The van der Waals surface area contributed by atoms with Crippen molar-refractivity contribution in [3.8, 4) is 11.6 Å². The van der Waals surface area contributed by atoms with Crippen LogP contribution in [0.3, 0.4) is 0 Å². The molecule has 2 atom stereocenters. The summed E-state index contributed by atoms with van der Waals surface area (Å²) in [5.41, 5.74) is 0. The first kappa shape index (κ1) is 17.4. The van der Waals surface area contributed by atoms with Crippen molar-refractivity contribution >= 4 is 27.4 Å². The van der Waals surface area contributed by atoms with Crippen molar-refractivity contribution in [2.75, 3.05) is 25.6 Å². The lowest BCUT2D eigenvalue weighted by Crippen LogP contribution is -2.18. The molecular formula is C18H23N5O2S. The van der Waals surface area contributed by atoms with Crippen LogP contribution in [0.25, 0.3) is 21.9 Å². The summed E-state index contributed by atoms with van der Waals surface area (Å²) in [4.78, 5) is 14.9. The van der Waals surface area contributed by atoms with Gasteiger partial charge in [0.05, 0.1) is 12.0 Å². The molecule has 3 heterocycles. The number of aromatic nitrogens is 4. The summed E-state index contributed by atoms with van der Waals surface area (Å²) in [6, 6.07) is 2.40. The fourth-order valence-electron chi connectivity index (χ4n) is 3.52. The lowest BCUT2D eigenvalue weighted by Gasteiger charge is -2.15. The molecule has 1 aliphatic rings. The van der Waals surface area contributed by atoms with E-state index in [9.17, 15) is 5.11 Å². The molecule has 8 heteroatoms. The van der Waals surface area contributed by atoms with Gasteiger partial charge in [-0.2, -0.15) is 0 Å². The topological polar surface area (TPSA) is 85.1 Å². The zero-order valence-corrected chi connectivity index (χ0v) is 15.6. The van der Waals surface area contributed by atoms with Gasteiger partial charge in [-0.15, -0.1) is 11.3 Å². The standard InChI is InChI=1S/C18H23N5O2S/c1-25-8-7-23-6-5-19-17(23)16-21-15(14-4-9-26-18(14)22-16)20-13-3-2-12(10-13)11-24/h4-6,9,12-13,24H,2-3,7-8,10-11H2,1H3,(H,20,21,22)/t12-,13+/m0/s1. The first-order valence-corrected chi connectivity index (χ1v) is 9.79. The van der Waals surface area contributed by atoms with Gasteiger partial charge >= 0.3 is 0 Å². The normalized spacial score (nSPS) is 20.1. The van der Waals surface area contributed by atoms with Crippen LogP contribution in [-0.2, 0) is 11.3 Å². The average molecular weight is 373 g/mol. The third-order valence-electron chi connectivity index (χ3n) is 4.92. The number of thiophene rings is 1. The first-order valence-electron chi connectivity index (χ1n) is 8.91. The summed E-state index contributed by atoms with van der Waals surface area (Å²) in [5, 5.41) is 16.0. The number of nitrogens with zero attached hydrogens (tertiary/aromatic N) is 4. The van der Waals surface area contributed by atoms with E-state index in [1.165, 1.54) is 0 Å². The van der Waals surface area contributed by atoms with Crippen LogP contribution in [0, 0.1) is 5.92 Å². The van der Waals surface area contributed by atoms with E-state index in [4.69, 9.17) is 14.7 Å². The Kier molecular flexibility index (Phi) is 5.14. The molecule has 1 aliphatic carbocycles. The average Bonchev–Trinajstić information content (AvgIpc) is 3.39. The highest BCUT2D eigenvalue weighted by atomic mass is 32.1. The Labute approximate surface area is 156 Å². The molecule has 1 fully saturated rings. The van der Waals surface area contributed by atoms with Crippen LogP contribution in [0.4, 0.5) is 5.82 Å². The van der Waals surface area contributed by atoms with Crippen molar-refractivity contribution in [1.29, 1.82) is 0 Å². The second kappa shape index (κ2) is 7.69. The van der Waals surface area contributed by atoms with E-state index in [0.29, 0.717) is 30.9 Å².